The Kier molecular flexibility index (Phi) is 6.71. The van der Waals surface area contributed by atoms with Gasteiger partial charge in [0.1, 0.15) is 0 Å². The Morgan fingerprint density at radius 1 is 1.28 bits per heavy atom. The molecular formula is C19H28IN3O2. The molecule has 2 fully saturated rings. The lowest BCUT2D eigenvalue weighted by molar-refractivity contribution is 0.0342. The molecule has 25 heavy (non-hydrogen) atoms. The Balaban J connectivity index is 1.80. The Morgan fingerprint density at radius 3 is 2.72 bits per heavy atom. The molecule has 138 valence electrons. The van der Waals surface area contributed by atoms with E-state index in [4.69, 9.17) is 4.74 Å². The summed E-state index contributed by atoms with van der Waals surface area (Å²) >= 11 is 1.93. The minimum absolute atomic E-state index is 0.131. The summed E-state index contributed by atoms with van der Waals surface area (Å²) < 4.78 is 5.55. The van der Waals surface area contributed by atoms with E-state index in [1.54, 1.807) is 0 Å². The van der Waals surface area contributed by atoms with Gasteiger partial charge in [0.2, 0.25) is 3.79 Å². The van der Waals surface area contributed by atoms with Crippen LogP contribution in [0.2, 0.25) is 0 Å². The van der Waals surface area contributed by atoms with Crippen molar-refractivity contribution in [3.05, 3.63) is 29.3 Å². The molecule has 2 aliphatic heterocycles. The summed E-state index contributed by atoms with van der Waals surface area (Å²) in [6.45, 7) is 6.50. The minimum Gasteiger partial charge on any atom is -0.379 e. The van der Waals surface area contributed by atoms with Crippen LogP contribution in [0.4, 0.5) is 5.69 Å². The van der Waals surface area contributed by atoms with Gasteiger partial charge < -0.3 is 14.5 Å². The molecule has 0 saturated carbocycles. The Bertz CT molecular complexity index is 602. The van der Waals surface area contributed by atoms with E-state index in [1.807, 2.05) is 22.6 Å². The maximum atomic E-state index is 12.3. The zero-order chi connectivity index (χ0) is 17.8. The van der Waals surface area contributed by atoms with Gasteiger partial charge in [0, 0.05) is 67.0 Å². The fourth-order valence-electron chi connectivity index (χ4n) is 3.87. The van der Waals surface area contributed by atoms with E-state index >= 15 is 0 Å². The van der Waals surface area contributed by atoms with Gasteiger partial charge in [-0.05, 0) is 44.6 Å². The topological polar surface area (TPSA) is 36.0 Å². The molecule has 2 heterocycles. The zero-order valence-corrected chi connectivity index (χ0v) is 17.4. The van der Waals surface area contributed by atoms with Crippen molar-refractivity contribution in [2.75, 3.05) is 58.4 Å². The van der Waals surface area contributed by atoms with Gasteiger partial charge in [0.05, 0.1) is 18.8 Å². The second-order valence-electron chi connectivity index (χ2n) is 7.27. The smallest absolute Gasteiger partial charge is 0.224 e. The van der Waals surface area contributed by atoms with Gasteiger partial charge in [0.15, 0.2) is 0 Å². The number of hydrogen-bond donors (Lipinski definition) is 0. The molecule has 0 radical (unpaired) electrons. The number of halogens is 1. The molecule has 0 aliphatic carbocycles. The summed E-state index contributed by atoms with van der Waals surface area (Å²) in [5, 5.41) is 0. The van der Waals surface area contributed by atoms with Crippen LogP contribution in [-0.4, -0.2) is 73.1 Å². The summed E-state index contributed by atoms with van der Waals surface area (Å²) in [6.07, 6.45) is 2.39. The third-order valence-corrected chi connectivity index (χ3v) is 5.63. The van der Waals surface area contributed by atoms with Crippen LogP contribution in [0.5, 0.6) is 0 Å². The van der Waals surface area contributed by atoms with E-state index < -0.39 is 0 Å². The van der Waals surface area contributed by atoms with Crippen LogP contribution in [0.3, 0.4) is 0 Å². The van der Waals surface area contributed by atoms with E-state index in [0.717, 1.165) is 57.2 Å². The van der Waals surface area contributed by atoms with Gasteiger partial charge in [-0.25, -0.2) is 0 Å². The highest BCUT2D eigenvalue weighted by atomic mass is 127. The highest BCUT2D eigenvalue weighted by Crippen LogP contribution is 2.31. The van der Waals surface area contributed by atoms with Crippen molar-refractivity contribution < 1.29 is 9.53 Å². The maximum Gasteiger partial charge on any atom is 0.224 e. The molecule has 6 heteroatoms. The fourth-order valence-corrected chi connectivity index (χ4v) is 4.30. The first-order valence-electron chi connectivity index (χ1n) is 9.09. The number of anilines is 1. The van der Waals surface area contributed by atoms with Crippen molar-refractivity contribution in [3.63, 3.8) is 0 Å². The average molecular weight is 457 g/mol. The highest BCUT2D eigenvalue weighted by Gasteiger charge is 2.28. The van der Waals surface area contributed by atoms with E-state index in [1.165, 1.54) is 18.4 Å². The fraction of sp³-hybridized carbons (Fsp3) is 0.632. The minimum atomic E-state index is 0.131. The molecule has 2 saturated heterocycles. The van der Waals surface area contributed by atoms with E-state index in [0.29, 0.717) is 6.04 Å². The van der Waals surface area contributed by atoms with Crippen molar-refractivity contribution in [1.82, 2.24) is 9.80 Å². The van der Waals surface area contributed by atoms with Gasteiger partial charge in [-0.15, -0.1) is 0 Å². The molecule has 0 amide bonds. The molecule has 0 aromatic heterocycles. The number of benzene rings is 1. The molecule has 5 nitrogen and oxygen atoms in total. The van der Waals surface area contributed by atoms with Crippen LogP contribution in [-0.2, 0) is 11.3 Å². The molecule has 1 aromatic rings. The standard InChI is InChI=1S/C19H28IN3O2/c1-21(2)14-16-4-3-7-23(16)18-6-5-15(12-17(18)19(20)24)13-22-8-10-25-11-9-22/h5-6,12,16H,3-4,7-11,13-14H2,1-2H3. The number of carbonyl (C=O) groups excluding carboxylic acids is 1. The maximum absolute atomic E-state index is 12.3. The molecule has 0 bridgehead atoms. The monoisotopic (exact) mass is 457 g/mol. The van der Waals surface area contributed by atoms with Crippen LogP contribution in [0, 0.1) is 0 Å². The lowest BCUT2D eigenvalue weighted by atomic mass is 10.1. The number of hydrogen-bond acceptors (Lipinski definition) is 5. The molecular weight excluding hydrogens is 429 g/mol. The summed E-state index contributed by atoms with van der Waals surface area (Å²) in [5.41, 5.74) is 3.18. The number of ether oxygens (including phenoxy) is 1. The molecule has 2 aliphatic rings. The third-order valence-electron chi connectivity index (χ3n) is 5.05. The second kappa shape index (κ2) is 8.79. The molecule has 1 unspecified atom stereocenters. The Labute approximate surface area is 164 Å². The van der Waals surface area contributed by atoms with E-state index in [9.17, 15) is 4.79 Å². The van der Waals surface area contributed by atoms with Gasteiger partial charge in [0.25, 0.3) is 0 Å². The summed E-state index contributed by atoms with van der Waals surface area (Å²) in [6, 6.07) is 6.95. The van der Waals surface area contributed by atoms with Crippen molar-refractivity contribution in [2.45, 2.75) is 25.4 Å². The summed E-state index contributed by atoms with van der Waals surface area (Å²) in [4.78, 5) is 19.4. The largest absolute Gasteiger partial charge is 0.379 e. The molecule has 1 atom stereocenters. The first-order valence-corrected chi connectivity index (χ1v) is 10.2. The lowest BCUT2D eigenvalue weighted by Crippen LogP contribution is -2.38. The van der Waals surface area contributed by atoms with Crippen LogP contribution in [0.1, 0.15) is 28.8 Å². The van der Waals surface area contributed by atoms with Gasteiger partial charge in [-0.2, -0.15) is 0 Å². The number of rotatable bonds is 6. The quantitative estimate of drug-likeness (QED) is 0.485. The van der Waals surface area contributed by atoms with E-state index in [2.05, 4.69) is 47.0 Å². The molecule has 0 spiro atoms. The van der Waals surface area contributed by atoms with Crippen LogP contribution < -0.4 is 4.90 Å². The lowest BCUT2D eigenvalue weighted by Gasteiger charge is -2.31. The first kappa shape index (κ1) is 19.1. The van der Waals surface area contributed by atoms with Gasteiger partial charge >= 0.3 is 0 Å². The van der Waals surface area contributed by atoms with Crippen molar-refractivity contribution in [2.24, 2.45) is 0 Å². The van der Waals surface area contributed by atoms with Crippen LogP contribution in [0.25, 0.3) is 0 Å². The number of carbonyl (C=O) groups is 1. The van der Waals surface area contributed by atoms with Crippen LogP contribution in [0.15, 0.2) is 18.2 Å². The summed E-state index contributed by atoms with van der Waals surface area (Å²) in [5.74, 6) is 0. The van der Waals surface area contributed by atoms with E-state index in [-0.39, 0.29) is 3.79 Å². The van der Waals surface area contributed by atoms with Crippen molar-refractivity contribution in [3.8, 4) is 0 Å². The zero-order valence-electron chi connectivity index (χ0n) is 15.2. The number of likely N-dealkylation sites (N-methyl/N-ethyl adjacent to an activating group) is 1. The Morgan fingerprint density at radius 2 is 2.04 bits per heavy atom. The highest BCUT2D eigenvalue weighted by molar-refractivity contribution is 14.1. The average Bonchev–Trinajstić information content (AvgIpc) is 3.03. The molecule has 1 aromatic carbocycles. The number of nitrogens with zero attached hydrogens (tertiary/aromatic N) is 3. The molecule has 3 rings (SSSR count). The second-order valence-corrected chi connectivity index (χ2v) is 8.25. The SMILES string of the molecule is CN(C)CC1CCCN1c1ccc(CN2CCOCC2)cc1C(=O)I. The Hall–Kier alpha value is -0.700. The predicted octanol–water partition coefficient (Wildman–Crippen LogP) is 2.62. The van der Waals surface area contributed by atoms with Gasteiger partial charge in [-0.1, -0.05) is 6.07 Å². The summed E-state index contributed by atoms with van der Waals surface area (Å²) in [7, 11) is 4.23. The number of morpholine rings is 1. The van der Waals surface area contributed by atoms with Crippen molar-refractivity contribution in [1.29, 1.82) is 0 Å². The van der Waals surface area contributed by atoms with Crippen molar-refractivity contribution >= 4 is 32.1 Å². The molecule has 0 N–H and O–H groups in total. The predicted molar refractivity (Wildman–Crippen MR) is 110 cm³/mol. The first-order chi connectivity index (χ1) is 12.0. The normalized spacial score (nSPS) is 21.9. The van der Waals surface area contributed by atoms with Gasteiger partial charge in [-0.3, -0.25) is 9.69 Å². The van der Waals surface area contributed by atoms with Crippen LogP contribution >= 0.6 is 22.6 Å². The third kappa shape index (κ3) is 4.93.